The van der Waals surface area contributed by atoms with Crippen molar-refractivity contribution in [3.8, 4) is 0 Å². The second kappa shape index (κ2) is 19.7. The van der Waals surface area contributed by atoms with Gasteiger partial charge in [-0.25, -0.2) is 13.8 Å². The van der Waals surface area contributed by atoms with Gasteiger partial charge in [0.1, 0.15) is 18.4 Å². The Labute approximate surface area is 270 Å². The van der Waals surface area contributed by atoms with Crippen molar-refractivity contribution in [2.24, 2.45) is 23.1 Å². The van der Waals surface area contributed by atoms with Crippen LogP contribution in [-0.2, 0) is 38.1 Å². The molecule has 0 spiro atoms. The summed E-state index contributed by atoms with van der Waals surface area (Å²) in [6.45, 7) is 5.28. The number of aromatic nitrogens is 2. The van der Waals surface area contributed by atoms with Crippen LogP contribution in [0.1, 0.15) is 67.5 Å². The number of aldehydes is 2. The summed E-state index contributed by atoms with van der Waals surface area (Å²) in [4.78, 5) is 33.4. The topological polar surface area (TPSA) is 173 Å². The summed E-state index contributed by atoms with van der Waals surface area (Å²) in [6, 6.07) is 6.08. The number of benzene rings is 1. The van der Waals surface area contributed by atoms with Crippen LogP contribution in [0.2, 0.25) is 0 Å². The maximum Gasteiger partial charge on any atom is 0.270 e. The molecule has 0 amide bonds. The number of carbonyl (C=O) groups is 2. The Hall–Kier alpha value is -3.75. The Kier molecular flexibility index (Phi) is 16.5. The number of rotatable bonds is 15. The van der Waals surface area contributed by atoms with Crippen LogP contribution in [0, 0.1) is 5.92 Å². The van der Waals surface area contributed by atoms with Crippen molar-refractivity contribution >= 4 is 24.2 Å². The van der Waals surface area contributed by atoms with Gasteiger partial charge in [-0.05, 0) is 57.1 Å². The fourth-order valence-corrected chi connectivity index (χ4v) is 4.90. The number of hydrogen-bond donors (Lipinski definition) is 5. The molecule has 0 saturated carbocycles. The molecule has 2 aliphatic carbocycles. The van der Waals surface area contributed by atoms with Crippen LogP contribution in [-0.4, -0.2) is 62.6 Å². The molecule has 2 aromatic rings. The van der Waals surface area contributed by atoms with Crippen molar-refractivity contribution in [1.29, 1.82) is 0 Å². The summed E-state index contributed by atoms with van der Waals surface area (Å²) in [5, 5.41) is 2.92. The van der Waals surface area contributed by atoms with E-state index in [9.17, 15) is 18.4 Å². The van der Waals surface area contributed by atoms with Gasteiger partial charge < -0.3 is 41.4 Å². The largest absolute Gasteiger partial charge is 0.401 e. The number of fused-ring (bicyclic) bond motifs is 1. The number of allylic oxidation sites excluding steroid dienone is 5. The summed E-state index contributed by atoms with van der Waals surface area (Å²) < 4.78 is 32.9. The highest BCUT2D eigenvalue weighted by Gasteiger charge is 2.28. The van der Waals surface area contributed by atoms with Crippen molar-refractivity contribution in [3.63, 3.8) is 0 Å². The van der Waals surface area contributed by atoms with Crippen LogP contribution in [0.5, 0.6) is 0 Å². The molecule has 0 aliphatic heterocycles. The third-order valence-electron chi connectivity index (χ3n) is 7.22. The van der Waals surface area contributed by atoms with Crippen molar-refractivity contribution in [1.82, 2.24) is 20.3 Å². The minimum absolute atomic E-state index is 0.0697. The van der Waals surface area contributed by atoms with Gasteiger partial charge in [-0.2, -0.15) is 0 Å². The third-order valence-corrected chi connectivity index (χ3v) is 7.22. The molecule has 11 nitrogen and oxygen atoms in total. The molecular weight excluding hydrogens is 596 g/mol. The molecule has 1 aromatic heterocycles. The zero-order valence-corrected chi connectivity index (χ0v) is 27.2. The molecule has 2 atom stereocenters. The molecule has 0 radical (unpaired) electrons. The SMILES string of the molecule is CCC(C=O)n1c(C2=C(N)CCC(NOCCOCCN)=C2)nc2c1C=CC(C=O)C2.CN.CNCc1cccc(C(C)(F)F)c1. The van der Waals surface area contributed by atoms with Gasteiger partial charge in [-0.1, -0.05) is 31.2 Å². The lowest BCUT2D eigenvalue weighted by molar-refractivity contribution is -0.111. The highest BCUT2D eigenvalue weighted by atomic mass is 19.3. The van der Waals surface area contributed by atoms with Crippen LogP contribution in [0.25, 0.3) is 11.6 Å². The van der Waals surface area contributed by atoms with Crippen LogP contribution >= 0.6 is 0 Å². The van der Waals surface area contributed by atoms with Gasteiger partial charge in [0.15, 0.2) is 0 Å². The number of nitrogens with zero attached hydrogens (tertiary/aromatic N) is 2. The second-order valence-electron chi connectivity index (χ2n) is 10.7. The number of hydroxylamine groups is 1. The number of hydrogen-bond acceptors (Lipinski definition) is 10. The van der Waals surface area contributed by atoms with Gasteiger partial charge in [0.2, 0.25) is 0 Å². The average molecular weight is 646 g/mol. The maximum atomic E-state index is 12.9. The van der Waals surface area contributed by atoms with Gasteiger partial charge >= 0.3 is 0 Å². The fraction of sp³-hybridized carbons (Fsp3) is 0.485. The normalized spacial score (nSPS) is 16.3. The van der Waals surface area contributed by atoms with E-state index in [-0.39, 0.29) is 17.5 Å². The molecule has 2 aliphatic rings. The lowest BCUT2D eigenvalue weighted by Gasteiger charge is -2.22. The van der Waals surface area contributed by atoms with Gasteiger partial charge in [-0.3, -0.25) is 10.3 Å². The summed E-state index contributed by atoms with van der Waals surface area (Å²) in [5.41, 5.74) is 24.2. The van der Waals surface area contributed by atoms with Crippen molar-refractivity contribution in [2.45, 2.75) is 58.0 Å². The minimum Gasteiger partial charge on any atom is -0.401 e. The monoisotopic (exact) mass is 645 g/mol. The summed E-state index contributed by atoms with van der Waals surface area (Å²) in [6.07, 6.45) is 9.99. The number of imidazole rings is 1. The molecule has 13 heteroatoms. The molecule has 8 N–H and O–H groups in total. The quantitative estimate of drug-likeness (QED) is 0.110. The van der Waals surface area contributed by atoms with Crippen LogP contribution in [0.15, 0.2) is 47.8 Å². The number of halogens is 2. The van der Waals surface area contributed by atoms with E-state index in [2.05, 4.69) is 16.5 Å². The van der Waals surface area contributed by atoms with E-state index in [1.54, 1.807) is 13.1 Å². The standard InChI is InChI=1S/C22H31N5O4.C10H13F2N.CH5N/c1-2-17(14-29)27-21-6-3-15(13-28)11-20(21)25-22(27)18-12-16(4-5-19(18)24)26-31-10-9-30-8-7-23;1-10(11,12)9-5-3-4-8(6-9)7-13-2;1-2/h3,6,12-15,17,26H,2,4-5,7-11,23-24H2,1H3;3-6,13H,7H2,1-2H3;2H2,1H3. The fourth-order valence-electron chi connectivity index (χ4n) is 4.90. The molecule has 0 fully saturated rings. The van der Waals surface area contributed by atoms with E-state index in [0.29, 0.717) is 70.1 Å². The molecule has 254 valence electrons. The molecule has 46 heavy (non-hydrogen) atoms. The second-order valence-corrected chi connectivity index (χ2v) is 10.7. The Bertz CT molecular complexity index is 1350. The summed E-state index contributed by atoms with van der Waals surface area (Å²) in [7, 11) is 3.29. The number of alkyl halides is 2. The Balaban J connectivity index is 0.000000410. The lowest BCUT2D eigenvalue weighted by Crippen LogP contribution is -2.22. The molecule has 0 saturated heterocycles. The zero-order valence-electron chi connectivity index (χ0n) is 27.2. The predicted molar refractivity (Wildman–Crippen MR) is 176 cm³/mol. The van der Waals surface area contributed by atoms with Gasteiger partial charge in [0.05, 0.1) is 37.3 Å². The van der Waals surface area contributed by atoms with E-state index in [4.69, 9.17) is 26.0 Å². The van der Waals surface area contributed by atoms with Crippen LogP contribution < -0.4 is 28.0 Å². The zero-order chi connectivity index (χ0) is 34.1. The Morgan fingerprint density at radius 1 is 1.20 bits per heavy atom. The van der Waals surface area contributed by atoms with Crippen molar-refractivity contribution in [2.75, 3.05) is 40.5 Å². The first-order valence-corrected chi connectivity index (χ1v) is 15.4. The van der Waals surface area contributed by atoms with Crippen molar-refractivity contribution in [3.05, 3.63) is 76.2 Å². The number of nitrogens with two attached hydrogens (primary N) is 3. The van der Waals surface area contributed by atoms with Gasteiger partial charge in [0, 0.05) is 54.9 Å². The lowest BCUT2D eigenvalue weighted by atomic mass is 9.97. The van der Waals surface area contributed by atoms with Gasteiger partial charge in [-0.15, -0.1) is 0 Å². The maximum absolute atomic E-state index is 12.9. The smallest absolute Gasteiger partial charge is 0.270 e. The molecule has 1 heterocycles. The predicted octanol–water partition coefficient (Wildman–Crippen LogP) is 3.35. The van der Waals surface area contributed by atoms with Crippen molar-refractivity contribution < 1.29 is 27.9 Å². The first kappa shape index (κ1) is 38.4. The Morgan fingerprint density at radius 3 is 2.59 bits per heavy atom. The van der Waals surface area contributed by atoms with E-state index in [1.807, 2.05) is 35.8 Å². The molecule has 1 aromatic carbocycles. The molecule has 2 unspecified atom stereocenters. The Morgan fingerprint density at radius 2 is 1.96 bits per heavy atom. The first-order chi connectivity index (χ1) is 22.2. The average Bonchev–Trinajstić information content (AvgIpc) is 3.43. The highest BCUT2D eigenvalue weighted by molar-refractivity contribution is 5.77. The first-order valence-electron chi connectivity index (χ1n) is 15.4. The number of carbonyl (C=O) groups excluding carboxylic acids is 2. The van der Waals surface area contributed by atoms with E-state index in [1.165, 1.54) is 19.2 Å². The number of nitrogens with one attached hydrogen (secondary N) is 2. The van der Waals surface area contributed by atoms with E-state index < -0.39 is 5.92 Å². The summed E-state index contributed by atoms with van der Waals surface area (Å²) >= 11 is 0. The highest BCUT2D eigenvalue weighted by Crippen LogP contribution is 2.34. The number of ether oxygens (including phenoxy) is 1. The summed E-state index contributed by atoms with van der Waals surface area (Å²) in [5.74, 6) is -2.31. The molecule has 0 bridgehead atoms. The van der Waals surface area contributed by atoms with Crippen LogP contribution in [0.3, 0.4) is 0 Å². The molecule has 4 rings (SSSR count). The van der Waals surface area contributed by atoms with Crippen LogP contribution in [0.4, 0.5) is 8.78 Å². The van der Waals surface area contributed by atoms with E-state index in [0.717, 1.165) is 47.7 Å². The van der Waals surface area contributed by atoms with E-state index >= 15 is 0 Å². The molecular formula is C33H49F2N7O4. The minimum atomic E-state index is -2.75. The van der Waals surface area contributed by atoms with Gasteiger partial charge in [0.25, 0.3) is 5.92 Å². The third kappa shape index (κ3) is 11.0.